The Labute approximate surface area is 177 Å². The van der Waals surface area contributed by atoms with Gasteiger partial charge in [0, 0.05) is 43.5 Å². The molecule has 6 nitrogen and oxygen atoms in total. The summed E-state index contributed by atoms with van der Waals surface area (Å²) in [4.78, 5) is 24.9. The minimum absolute atomic E-state index is 0.00703. The molecular formula is C22H20F3N5O. The van der Waals surface area contributed by atoms with Gasteiger partial charge in [0.25, 0.3) is 5.91 Å². The van der Waals surface area contributed by atoms with Gasteiger partial charge in [0.15, 0.2) is 0 Å². The molecular weight excluding hydrogens is 407 g/mol. The smallest absolute Gasteiger partial charge is 0.353 e. The normalized spacial score (nSPS) is 14.4. The standard InChI is InChI=1S/C22H20F3N5O/c23-22(24,25)17-6-8-18(9-7-17)28-19-14-20(27-15-26-19)29-10-12-30(13-11-29)21(31)16-4-2-1-3-5-16/h1-9,14-15H,10-13H2,(H,26,27,28). The van der Waals surface area contributed by atoms with Gasteiger partial charge in [-0.05, 0) is 36.4 Å². The van der Waals surface area contributed by atoms with E-state index in [4.69, 9.17) is 0 Å². The number of rotatable bonds is 4. The van der Waals surface area contributed by atoms with Gasteiger partial charge >= 0.3 is 6.18 Å². The highest BCUT2D eigenvalue weighted by Gasteiger charge is 2.30. The molecule has 1 aromatic heterocycles. The number of carbonyl (C=O) groups is 1. The zero-order valence-corrected chi connectivity index (χ0v) is 16.5. The van der Waals surface area contributed by atoms with Crippen LogP contribution in [0.3, 0.4) is 0 Å². The maximum Gasteiger partial charge on any atom is 0.416 e. The number of alkyl halides is 3. The molecule has 0 bridgehead atoms. The Kier molecular flexibility index (Phi) is 5.75. The third kappa shape index (κ3) is 4.93. The summed E-state index contributed by atoms with van der Waals surface area (Å²) in [6, 6.07) is 15.7. The van der Waals surface area contributed by atoms with Crippen molar-refractivity contribution < 1.29 is 18.0 Å². The molecule has 1 aliphatic heterocycles. The molecule has 1 saturated heterocycles. The van der Waals surface area contributed by atoms with E-state index in [1.807, 2.05) is 28.0 Å². The van der Waals surface area contributed by atoms with Crippen LogP contribution in [0.1, 0.15) is 15.9 Å². The lowest BCUT2D eigenvalue weighted by Gasteiger charge is -2.35. The fourth-order valence-electron chi connectivity index (χ4n) is 3.38. The number of halogens is 3. The van der Waals surface area contributed by atoms with Crippen LogP contribution >= 0.6 is 0 Å². The first-order valence-corrected chi connectivity index (χ1v) is 9.76. The van der Waals surface area contributed by atoms with Crippen molar-refractivity contribution in [2.45, 2.75) is 6.18 Å². The monoisotopic (exact) mass is 427 g/mol. The van der Waals surface area contributed by atoms with Gasteiger partial charge in [0.05, 0.1) is 5.56 Å². The topological polar surface area (TPSA) is 61.4 Å². The van der Waals surface area contributed by atoms with Crippen LogP contribution in [0.25, 0.3) is 0 Å². The molecule has 1 fully saturated rings. The van der Waals surface area contributed by atoms with Crippen molar-refractivity contribution >= 4 is 23.2 Å². The van der Waals surface area contributed by atoms with Crippen LogP contribution < -0.4 is 10.2 Å². The molecule has 2 aromatic carbocycles. The van der Waals surface area contributed by atoms with Crippen molar-refractivity contribution in [1.29, 1.82) is 0 Å². The van der Waals surface area contributed by atoms with E-state index in [2.05, 4.69) is 15.3 Å². The zero-order valence-electron chi connectivity index (χ0n) is 16.5. The molecule has 1 amide bonds. The molecule has 0 aliphatic carbocycles. The van der Waals surface area contributed by atoms with Gasteiger partial charge in [-0.2, -0.15) is 13.2 Å². The van der Waals surface area contributed by atoms with Crippen LogP contribution in [0.15, 0.2) is 67.0 Å². The highest BCUT2D eigenvalue weighted by molar-refractivity contribution is 5.94. The number of amides is 1. The van der Waals surface area contributed by atoms with Gasteiger partial charge in [-0.25, -0.2) is 9.97 Å². The number of benzene rings is 2. The van der Waals surface area contributed by atoms with E-state index in [9.17, 15) is 18.0 Å². The molecule has 0 atom stereocenters. The van der Waals surface area contributed by atoms with E-state index < -0.39 is 11.7 Å². The van der Waals surface area contributed by atoms with Gasteiger partial charge in [0.2, 0.25) is 0 Å². The number of hydrogen-bond donors (Lipinski definition) is 1. The summed E-state index contributed by atoms with van der Waals surface area (Å²) in [6.45, 7) is 2.38. The first-order chi connectivity index (χ1) is 14.9. The number of nitrogens with one attached hydrogen (secondary N) is 1. The van der Waals surface area contributed by atoms with Gasteiger partial charge < -0.3 is 15.1 Å². The minimum atomic E-state index is -4.37. The Bertz CT molecular complexity index is 1030. The van der Waals surface area contributed by atoms with Crippen LogP contribution in [-0.4, -0.2) is 47.0 Å². The second-order valence-electron chi connectivity index (χ2n) is 7.11. The summed E-state index contributed by atoms with van der Waals surface area (Å²) in [5.41, 5.74) is 0.460. The second kappa shape index (κ2) is 8.63. The third-order valence-corrected chi connectivity index (χ3v) is 5.05. The molecule has 160 valence electrons. The number of hydrogen-bond acceptors (Lipinski definition) is 5. The van der Waals surface area contributed by atoms with E-state index in [-0.39, 0.29) is 5.91 Å². The average molecular weight is 427 g/mol. The summed E-state index contributed by atoms with van der Waals surface area (Å²) < 4.78 is 38.1. The number of anilines is 3. The van der Waals surface area contributed by atoms with E-state index in [0.29, 0.717) is 49.1 Å². The predicted octanol–water partition coefficient (Wildman–Crippen LogP) is 4.20. The molecule has 0 unspecified atom stereocenters. The van der Waals surface area contributed by atoms with Crippen molar-refractivity contribution in [3.05, 3.63) is 78.1 Å². The lowest BCUT2D eigenvalue weighted by atomic mass is 10.2. The fraction of sp³-hybridized carbons (Fsp3) is 0.227. The van der Waals surface area contributed by atoms with E-state index >= 15 is 0 Å². The molecule has 0 spiro atoms. The van der Waals surface area contributed by atoms with E-state index in [1.54, 1.807) is 18.2 Å². The van der Waals surface area contributed by atoms with Gasteiger partial charge in [0.1, 0.15) is 18.0 Å². The van der Waals surface area contributed by atoms with Crippen molar-refractivity contribution in [3.63, 3.8) is 0 Å². The Morgan fingerprint density at radius 3 is 2.23 bits per heavy atom. The Morgan fingerprint density at radius 2 is 1.58 bits per heavy atom. The molecule has 1 aliphatic rings. The van der Waals surface area contributed by atoms with Gasteiger partial charge in [-0.1, -0.05) is 18.2 Å². The zero-order chi connectivity index (χ0) is 21.8. The Morgan fingerprint density at radius 1 is 0.903 bits per heavy atom. The van der Waals surface area contributed by atoms with Crippen LogP contribution in [0.2, 0.25) is 0 Å². The number of nitrogens with zero attached hydrogens (tertiary/aromatic N) is 4. The van der Waals surface area contributed by atoms with Crippen LogP contribution in [0, 0.1) is 0 Å². The fourth-order valence-corrected chi connectivity index (χ4v) is 3.38. The van der Waals surface area contributed by atoms with Gasteiger partial charge in [-0.15, -0.1) is 0 Å². The van der Waals surface area contributed by atoms with Crippen LogP contribution in [0.4, 0.5) is 30.5 Å². The molecule has 3 aromatic rings. The van der Waals surface area contributed by atoms with Crippen molar-refractivity contribution in [1.82, 2.24) is 14.9 Å². The summed E-state index contributed by atoms with van der Waals surface area (Å²) >= 11 is 0. The molecule has 2 heterocycles. The second-order valence-corrected chi connectivity index (χ2v) is 7.11. The molecule has 1 N–H and O–H groups in total. The molecule has 9 heteroatoms. The SMILES string of the molecule is O=C(c1ccccc1)N1CCN(c2cc(Nc3ccc(C(F)(F)F)cc3)ncn2)CC1. The third-order valence-electron chi connectivity index (χ3n) is 5.05. The quantitative estimate of drug-likeness (QED) is 0.676. The van der Waals surface area contributed by atoms with Gasteiger partial charge in [-0.3, -0.25) is 4.79 Å². The predicted molar refractivity (Wildman–Crippen MR) is 111 cm³/mol. The van der Waals surface area contributed by atoms with Crippen molar-refractivity contribution in [2.24, 2.45) is 0 Å². The highest BCUT2D eigenvalue weighted by Crippen LogP contribution is 2.30. The lowest BCUT2D eigenvalue weighted by molar-refractivity contribution is -0.137. The van der Waals surface area contributed by atoms with E-state index in [0.717, 1.165) is 12.1 Å². The molecule has 0 radical (unpaired) electrons. The Hall–Kier alpha value is -3.62. The molecule has 31 heavy (non-hydrogen) atoms. The first-order valence-electron chi connectivity index (χ1n) is 9.76. The molecule has 0 saturated carbocycles. The maximum atomic E-state index is 12.7. The summed E-state index contributed by atoms with van der Waals surface area (Å²) in [7, 11) is 0. The Balaban J connectivity index is 1.38. The summed E-state index contributed by atoms with van der Waals surface area (Å²) in [6.07, 6.45) is -2.96. The maximum absolute atomic E-state index is 12.7. The number of aromatic nitrogens is 2. The number of piperazine rings is 1. The lowest BCUT2D eigenvalue weighted by Crippen LogP contribution is -2.49. The summed E-state index contributed by atoms with van der Waals surface area (Å²) in [5.74, 6) is 1.18. The highest BCUT2D eigenvalue weighted by atomic mass is 19.4. The molecule has 4 rings (SSSR count). The van der Waals surface area contributed by atoms with Crippen LogP contribution in [0.5, 0.6) is 0 Å². The van der Waals surface area contributed by atoms with Crippen LogP contribution in [-0.2, 0) is 6.18 Å². The first kappa shape index (κ1) is 20.6. The number of carbonyl (C=O) groups excluding carboxylic acids is 1. The largest absolute Gasteiger partial charge is 0.416 e. The summed E-state index contributed by atoms with van der Waals surface area (Å²) in [5, 5.41) is 3.00. The van der Waals surface area contributed by atoms with E-state index in [1.165, 1.54) is 18.5 Å². The van der Waals surface area contributed by atoms with Crippen molar-refractivity contribution in [2.75, 3.05) is 36.4 Å². The average Bonchev–Trinajstić information content (AvgIpc) is 2.79. The minimum Gasteiger partial charge on any atom is -0.353 e. The van der Waals surface area contributed by atoms with Crippen molar-refractivity contribution in [3.8, 4) is 0 Å².